The van der Waals surface area contributed by atoms with Crippen LogP contribution >= 0.6 is 0 Å². The summed E-state index contributed by atoms with van der Waals surface area (Å²) in [7, 11) is 1.81. The third kappa shape index (κ3) is 5.55. The van der Waals surface area contributed by atoms with Crippen LogP contribution in [0.25, 0.3) is 0 Å². The minimum absolute atomic E-state index is 0.0690. The molecule has 0 spiro atoms. The summed E-state index contributed by atoms with van der Waals surface area (Å²) in [6.45, 7) is 4.85. The van der Waals surface area contributed by atoms with Crippen LogP contribution in [-0.2, 0) is 11.3 Å². The first-order valence-corrected chi connectivity index (χ1v) is 8.89. The van der Waals surface area contributed by atoms with Gasteiger partial charge in [0.2, 0.25) is 5.91 Å². The molecule has 0 saturated carbocycles. The molecule has 2 rings (SSSR count). The Labute approximate surface area is 145 Å². The van der Waals surface area contributed by atoms with Crippen molar-refractivity contribution in [1.82, 2.24) is 15.1 Å². The van der Waals surface area contributed by atoms with E-state index in [0.29, 0.717) is 19.5 Å². The first-order chi connectivity index (χ1) is 11.6. The van der Waals surface area contributed by atoms with Gasteiger partial charge in [-0.05, 0) is 37.3 Å². The Kier molecular flexibility index (Phi) is 7.09. The first-order valence-electron chi connectivity index (χ1n) is 8.89. The highest BCUT2D eigenvalue weighted by Crippen LogP contribution is 2.11. The molecule has 0 aliphatic carbocycles. The quantitative estimate of drug-likeness (QED) is 0.815. The zero-order valence-electron chi connectivity index (χ0n) is 14.9. The van der Waals surface area contributed by atoms with Gasteiger partial charge in [-0.15, -0.1) is 0 Å². The van der Waals surface area contributed by atoms with Crippen molar-refractivity contribution in [1.29, 1.82) is 0 Å². The zero-order valence-corrected chi connectivity index (χ0v) is 14.9. The summed E-state index contributed by atoms with van der Waals surface area (Å²) >= 11 is 0. The first kappa shape index (κ1) is 18.3. The molecule has 1 aliphatic rings. The predicted molar refractivity (Wildman–Crippen MR) is 95.7 cm³/mol. The zero-order chi connectivity index (χ0) is 17.4. The van der Waals surface area contributed by atoms with Gasteiger partial charge in [0, 0.05) is 39.6 Å². The molecular weight excluding hydrogens is 302 g/mol. The standard InChI is InChI=1S/C19H29N3O2/c1-16-9-5-6-10-17(16)15-21(2)19(24)20-12-8-14-22-13-7-3-4-11-18(22)23/h5-6,9-10H,3-4,7-8,11-15H2,1-2H3,(H,20,24). The molecule has 0 atom stereocenters. The normalized spacial score (nSPS) is 15.1. The molecule has 1 N–H and O–H groups in total. The van der Waals surface area contributed by atoms with Crippen molar-refractivity contribution in [2.75, 3.05) is 26.7 Å². The smallest absolute Gasteiger partial charge is 0.317 e. The number of carbonyl (C=O) groups is 2. The molecule has 24 heavy (non-hydrogen) atoms. The molecule has 0 radical (unpaired) electrons. The largest absolute Gasteiger partial charge is 0.343 e. The summed E-state index contributed by atoms with van der Waals surface area (Å²) in [5.74, 6) is 0.260. The maximum atomic E-state index is 12.2. The minimum Gasteiger partial charge on any atom is -0.343 e. The summed E-state index contributed by atoms with van der Waals surface area (Å²) in [5, 5.41) is 2.94. The van der Waals surface area contributed by atoms with Crippen LogP contribution in [-0.4, -0.2) is 48.4 Å². The van der Waals surface area contributed by atoms with E-state index in [2.05, 4.69) is 18.3 Å². The van der Waals surface area contributed by atoms with E-state index < -0.39 is 0 Å². The average Bonchev–Trinajstić information content (AvgIpc) is 2.78. The molecule has 5 heteroatoms. The van der Waals surface area contributed by atoms with Crippen LogP contribution in [0, 0.1) is 6.92 Å². The second kappa shape index (κ2) is 9.30. The highest BCUT2D eigenvalue weighted by Gasteiger charge is 2.16. The number of carbonyl (C=O) groups excluding carboxylic acids is 2. The lowest BCUT2D eigenvalue weighted by Gasteiger charge is -2.22. The summed E-state index contributed by atoms with van der Waals surface area (Å²) in [4.78, 5) is 27.7. The number of rotatable bonds is 6. The predicted octanol–water partition coefficient (Wildman–Crippen LogP) is 2.93. The highest BCUT2D eigenvalue weighted by atomic mass is 16.2. The van der Waals surface area contributed by atoms with Gasteiger partial charge in [0.05, 0.1) is 0 Å². The molecule has 1 heterocycles. The van der Waals surface area contributed by atoms with E-state index in [1.54, 1.807) is 11.9 Å². The fourth-order valence-electron chi connectivity index (χ4n) is 2.99. The Hall–Kier alpha value is -2.04. The van der Waals surface area contributed by atoms with Crippen molar-refractivity contribution < 1.29 is 9.59 Å². The molecule has 1 fully saturated rings. The Bertz CT molecular complexity index is 559. The Morgan fingerprint density at radius 3 is 2.83 bits per heavy atom. The molecular formula is C19H29N3O2. The molecule has 0 bridgehead atoms. The maximum absolute atomic E-state index is 12.2. The van der Waals surface area contributed by atoms with Gasteiger partial charge in [-0.3, -0.25) is 4.79 Å². The Morgan fingerprint density at radius 1 is 1.25 bits per heavy atom. The lowest BCUT2D eigenvalue weighted by Crippen LogP contribution is -2.39. The molecule has 1 aromatic carbocycles. The molecule has 1 saturated heterocycles. The van der Waals surface area contributed by atoms with Gasteiger partial charge in [-0.2, -0.15) is 0 Å². The van der Waals surface area contributed by atoms with E-state index in [-0.39, 0.29) is 11.9 Å². The number of nitrogens with one attached hydrogen (secondary N) is 1. The molecule has 3 amide bonds. The van der Waals surface area contributed by atoms with E-state index in [9.17, 15) is 9.59 Å². The summed E-state index contributed by atoms with van der Waals surface area (Å²) in [6, 6.07) is 8.03. The SMILES string of the molecule is Cc1ccccc1CN(C)C(=O)NCCCN1CCCCCC1=O. The van der Waals surface area contributed by atoms with Crippen LogP contribution in [0.1, 0.15) is 43.2 Å². The molecule has 5 nitrogen and oxygen atoms in total. The number of likely N-dealkylation sites (tertiary alicyclic amines) is 1. The number of amides is 3. The van der Waals surface area contributed by atoms with Gasteiger partial charge >= 0.3 is 6.03 Å². The number of hydrogen-bond acceptors (Lipinski definition) is 2. The van der Waals surface area contributed by atoms with Crippen LogP contribution < -0.4 is 5.32 Å². The lowest BCUT2D eigenvalue weighted by molar-refractivity contribution is -0.130. The van der Waals surface area contributed by atoms with E-state index in [4.69, 9.17) is 0 Å². The van der Waals surface area contributed by atoms with E-state index in [1.165, 1.54) is 5.56 Å². The van der Waals surface area contributed by atoms with Crippen molar-refractivity contribution in [3.8, 4) is 0 Å². The van der Waals surface area contributed by atoms with Crippen LogP contribution in [0.5, 0.6) is 0 Å². The molecule has 1 aliphatic heterocycles. The van der Waals surface area contributed by atoms with Crippen LogP contribution in [0.4, 0.5) is 4.79 Å². The van der Waals surface area contributed by atoms with Gasteiger partial charge in [0.1, 0.15) is 0 Å². The molecule has 0 unspecified atom stereocenters. The van der Waals surface area contributed by atoms with Crippen molar-refractivity contribution in [3.05, 3.63) is 35.4 Å². The van der Waals surface area contributed by atoms with Crippen molar-refractivity contribution in [3.63, 3.8) is 0 Å². The third-order valence-corrected chi connectivity index (χ3v) is 4.57. The van der Waals surface area contributed by atoms with E-state index in [1.807, 2.05) is 23.1 Å². The number of hydrogen-bond donors (Lipinski definition) is 1. The monoisotopic (exact) mass is 331 g/mol. The number of benzene rings is 1. The van der Waals surface area contributed by atoms with Gasteiger partial charge in [-0.1, -0.05) is 30.7 Å². The van der Waals surface area contributed by atoms with Crippen molar-refractivity contribution >= 4 is 11.9 Å². The maximum Gasteiger partial charge on any atom is 0.317 e. The fourth-order valence-corrected chi connectivity index (χ4v) is 2.99. The van der Waals surface area contributed by atoms with Crippen LogP contribution in [0.15, 0.2) is 24.3 Å². The summed E-state index contributed by atoms with van der Waals surface area (Å²) < 4.78 is 0. The van der Waals surface area contributed by atoms with E-state index >= 15 is 0 Å². The second-order valence-electron chi connectivity index (χ2n) is 6.56. The van der Waals surface area contributed by atoms with Gasteiger partial charge in [0.25, 0.3) is 0 Å². The average molecular weight is 331 g/mol. The van der Waals surface area contributed by atoms with Crippen LogP contribution in [0.3, 0.4) is 0 Å². The molecule has 0 aromatic heterocycles. The molecule has 1 aromatic rings. The third-order valence-electron chi connectivity index (χ3n) is 4.57. The fraction of sp³-hybridized carbons (Fsp3) is 0.579. The van der Waals surface area contributed by atoms with Gasteiger partial charge < -0.3 is 15.1 Å². The topological polar surface area (TPSA) is 52.7 Å². The summed E-state index contributed by atoms with van der Waals surface area (Å²) in [6.07, 6.45) is 4.72. The second-order valence-corrected chi connectivity index (χ2v) is 6.56. The van der Waals surface area contributed by atoms with Crippen molar-refractivity contribution in [2.45, 2.75) is 45.6 Å². The van der Waals surface area contributed by atoms with Crippen LogP contribution in [0.2, 0.25) is 0 Å². The number of aryl methyl sites for hydroxylation is 1. The Balaban J connectivity index is 1.69. The van der Waals surface area contributed by atoms with Gasteiger partial charge in [0.15, 0.2) is 0 Å². The van der Waals surface area contributed by atoms with Crippen molar-refractivity contribution in [2.24, 2.45) is 0 Å². The summed E-state index contributed by atoms with van der Waals surface area (Å²) in [5.41, 5.74) is 2.35. The van der Waals surface area contributed by atoms with E-state index in [0.717, 1.165) is 44.3 Å². The highest BCUT2D eigenvalue weighted by molar-refractivity contribution is 5.76. The van der Waals surface area contributed by atoms with Gasteiger partial charge in [-0.25, -0.2) is 4.79 Å². The molecule has 132 valence electrons. The number of nitrogens with zero attached hydrogens (tertiary/aromatic N) is 2. The Morgan fingerprint density at radius 2 is 2.04 bits per heavy atom. The lowest BCUT2D eigenvalue weighted by atomic mass is 10.1. The minimum atomic E-state index is -0.0690. The number of urea groups is 1.